The van der Waals surface area contributed by atoms with Gasteiger partial charge in [0.15, 0.2) is 5.78 Å². The number of nitrogens with two attached hydrogens (primary N) is 1. The van der Waals surface area contributed by atoms with Gasteiger partial charge in [0.25, 0.3) is 0 Å². The van der Waals surface area contributed by atoms with Crippen LogP contribution >= 0.6 is 0 Å². The second-order valence-electron chi connectivity index (χ2n) is 11.1. The Balaban J connectivity index is 1.04. The summed E-state index contributed by atoms with van der Waals surface area (Å²) in [5.41, 5.74) is 0. The van der Waals surface area contributed by atoms with Gasteiger partial charge in [-0.1, -0.05) is 0 Å². The van der Waals surface area contributed by atoms with Crippen molar-refractivity contribution in [3.05, 3.63) is 0 Å². The number of quaternary nitrogens is 1. The smallest absolute Gasteiger partial charge is 0.225 e. The predicted octanol–water partition coefficient (Wildman–Crippen LogP) is 0.931. The van der Waals surface area contributed by atoms with Crippen molar-refractivity contribution in [3.8, 4) is 0 Å². The summed E-state index contributed by atoms with van der Waals surface area (Å²) in [5, 5.41) is 2.48. The summed E-state index contributed by atoms with van der Waals surface area (Å²) in [7, 11) is 1.73. The number of hydrogen-bond donors (Lipinski definition) is 1. The van der Waals surface area contributed by atoms with Gasteiger partial charge in [0, 0.05) is 58.0 Å². The lowest BCUT2D eigenvalue weighted by Crippen LogP contribution is -2.95. The van der Waals surface area contributed by atoms with E-state index in [9.17, 15) is 9.59 Å². The molecule has 34 heavy (non-hydrogen) atoms. The second kappa shape index (κ2) is 11.3. The molecule has 5 atom stereocenters. The molecule has 2 N–H and O–H groups in total. The van der Waals surface area contributed by atoms with Gasteiger partial charge in [-0.05, 0) is 51.4 Å². The molecule has 1 amide bonds. The minimum absolute atomic E-state index is 0.0177. The van der Waals surface area contributed by atoms with Gasteiger partial charge in [0.1, 0.15) is 12.3 Å². The molecule has 3 saturated heterocycles. The van der Waals surface area contributed by atoms with Gasteiger partial charge in [0.05, 0.1) is 31.5 Å². The Morgan fingerprint density at radius 3 is 2.44 bits per heavy atom. The highest BCUT2D eigenvalue weighted by atomic mass is 16.6. The molecule has 2 aliphatic carbocycles. The van der Waals surface area contributed by atoms with E-state index in [-0.39, 0.29) is 35.9 Å². The lowest BCUT2D eigenvalue weighted by molar-refractivity contribution is -0.717. The van der Waals surface area contributed by atoms with E-state index in [2.05, 4.69) is 15.1 Å². The van der Waals surface area contributed by atoms with Crippen LogP contribution in [0.25, 0.3) is 0 Å². The van der Waals surface area contributed by atoms with Gasteiger partial charge in [-0.25, -0.2) is 0 Å². The van der Waals surface area contributed by atoms with E-state index < -0.39 is 6.10 Å². The molecule has 2 saturated carbocycles. The van der Waals surface area contributed by atoms with Crippen molar-refractivity contribution in [3.63, 3.8) is 0 Å². The van der Waals surface area contributed by atoms with Gasteiger partial charge in [-0.3, -0.25) is 14.5 Å². The number of ketones is 1. The standard InChI is InChI=1S/C26H43N3O5/c1-32-20-9-10-21-22(16-20)33-17-23(25(21)30)34-19-7-5-18(6-8-19)26(31)29-14-12-28(13-15-29)24-4-2-3-11-27-24/h18-24,27H,2-17H2,1H3/p+1. The molecule has 8 heteroatoms. The maximum Gasteiger partial charge on any atom is 0.225 e. The van der Waals surface area contributed by atoms with Crippen molar-refractivity contribution in [2.24, 2.45) is 11.8 Å². The molecule has 3 heterocycles. The fourth-order valence-electron chi connectivity index (χ4n) is 6.92. The Kier molecular flexibility index (Phi) is 8.21. The van der Waals surface area contributed by atoms with E-state index in [0.717, 1.165) is 71.1 Å². The Morgan fingerprint density at radius 1 is 0.971 bits per heavy atom. The van der Waals surface area contributed by atoms with Crippen LogP contribution in [0.3, 0.4) is 0 Å². The zero-order valence-electron chi connectivity index (χ0n) is 20.9. The summed E-state index contributed by atoms with van der Waals surface area (Å²) in [6, 6.07) is 0. The fourth-order valence-corrected chi connectivity index (χ4v) is 6.92. The van der Waals surface area contributed by atoms with Gasteiger partial charge in [-0.15, -0.1) is 0 Å². The van der Waals surface area contributed by atoms with E-state index in [1.165, 1.54) is 25.8 Å². The highest BCUT2D eigenvalue weighted by molar-refractivity contribution is 5.87. The molecule has 5 aliphatic rings. The van der Waals surface area contributed by atoms with Gasteiger partial charge in [0.2, 0.25) is 5.91 Å². The third-order valence-corrected chi connectivity index (χ3v) is 9.09. The fraction of sp³-hybridized carbons (Fsp3) is 0.923. The molecule has 0 spiro atoms. The van der Waals surface area contributed by atoms with Crippen molar-refractivity contribution in [2.75, 3.05) is 46.4 Å². The average molecular weight is 479 g/mol. The average Bonchev–Trinajstić information content (AvgIpc) is 2.90. The summed E-state index contributed by atoms with van der Waals surface area (Å²) >= 11 is 0. The summed E-state index contributed by atoms with van der Waals surface area (Å²) in [5.74, 6) is 0.616. The predicted molar refractivity (Wildman–Crippen MR) is 126 cm³/mol. The number of carbonyl (C=O) groups is 2. The van der Waals surface area contributed by atoms with Crippen molar-refractivity contribution in [1.29, 1.82) is 0 Å². The molecule has 192 valence electrons. The maximum absolute atomic E-state index is 13.2. The maximum atomic E-state index is 13.2. The van der Waals surface area contributed by atoms with Crippen molar-refractivity contribution >= 4 is 11.7 Å². The first kappa shape index (κ1) is 24.6. The Bertz CT molecular complexity index is 699. The van der Waals surface area contributed by atoms with Crippen LogP contribution in [0.4, 0.5) is 0 Å². The topological polar surface area (TPSA) is 84.9 Å². The van der Waals surface area contributed by atoms with Gasteiger partial charge >= 0.3 is 0 Å². The number of ether oxygens (including phenoxy) is 3. The first-order valence-corrected chi connectivity index (χ1v) is 13.8. The normalized spacial score (nSPS) is 40.1. The lowest BCUT2D eigenvalue weighted by atomic mass is 9.79. The van der Waals surface area contributed by atoms with Crippen LogP contribution in [0.5, 0.6) is 0 Å². The Hall–Kier alpha value is -1.06. The number of nitrogens with zero attached hydrogens (tertiary/aromatic N) is 2. The van der Waals surface area contributed by atoms with Gasteiger partial charge < -0.3 is 24.4 Å². The number of hydrogen-bond acceptors (Lipinski definition) is 6. The van der Waals surface area contributed by atoms with Crippen molar-refractivity contribution in [1.82, 2.24) is 9.80 Å². The highest BCUT2D eigenvalue weighted by Gasteiger charge is 2.44. The summed E-state index contributed by atoms with van der Waals surface area (Å²) in [6.45, 7) is 5.33. The first-order valence-electron chi connectivity index (χ1n) is 13.8. The third-order valence-electron chi connectivity index (χ3n) is 9.09. The van der Waals surface area contributed by atoms with E-state index >= 15 is 0 Å². The number of fused-ring (bicyclic) bond motifs is 1. The highest BCUT2D eigenvalue weighted by Crippen LogP contribution is 2.35. The van der Waals surface area contributed by atoms with Crippen LogP contribution in [0.15, 0.2) is 0 Å². The zero-order chi connectivity index (χ0) is 23.5. The molecule has 8 nitrogen and oxygen atoms in total. The number of methoxy groups -OCH3 is 1. The van der Waals surface area contributed by atoms with Crippen LogP contribution in [-0.2, 0) is 23.8 Å². The van der Waals surface area contributed by atoms with E-state index in [0.29, 0.717) is 18.7 Å². The van der Waals surface area contributed by atoms with Crippen LogP contribution < -0.4 is 5.32 Å². The number of rotatable bonds is 5. The molecular weight excluding hydrogens is 434 g/mol. The van der Waals surface area contributed by atoms with Crippen LogP contribution in [0, 0.1) is 11.8 Å². The SMILES string of the molecule is COC1CCC2C(=O)C(OC3CCC(C(=O)N4CCN(C5CCCC[NH2+]5)CC4)CC3)COC2C1. The molecule has 0 aromatic rings. The number of amides is 1. The Morgan fingerprint density at radius 2 is 1.74 bits per heavy atom. The zero-order valence-corrected chi connectivity index (χ0v) is 20.9. The van der Waals surface area contributed by atoms with E-state index in [1.807, 2.05) is 0 Å². The minimum atomic E-state index is -0.442. The summed E-state index contributed by atoms with van der Waals surface area (Å²) < 4.78 is 17.8. The minimum Gasteiger partial charge on any atom is -0.381 e. The van der Waals surface area contributed by atoms with Crippen LogP contribution in [0.2, 0.25) is 0 Å². The second-order valence-corrected chi connectivity index (χ2v) is 11.1. The molecular formula is C26H44N3O5+. The van der Waals surface area contributed by atoms with E-state index in [1.54, 1.807) is 7.11 Å². The van der Waals surface area contributed by atoms with Crippen molar-refractivity contribution in [2.45, 2.75) is 94.8 Å². The largest absolute Gasteiger partial charge is 0.381 e. The van der Waals surface area contributed by atoms with Crippen LogP contribution in [0.1, 0.15) is 64.2 Å². The van der Waals surface area contributed by atoms with Crippen LogP contribution in [-0.4, -0.2) is 98.5 Å². The lowest BCUT2D eigenvalue weighted by Gasteiger charge is -2.42. The molecule has 0 aromatic carbocycles. The quantitative estimate of drug-likeness (QED) is 0.633. The van der Waals surface area contributed by atoms with E-state index in [4.69, 9.17) is 14.2 Å². The third kappa shape index (κ3) is 5.51. The molecule has 5 fully saturated rings. The molecule has 5 rings (SSSR count). The molecule has 5 unspecified atom stereocenters. The summed E-state index contributed by atoms with van der Waals surface area (Å²) in [6.07, 6.45) is 10.4. The Labute approximate surface area is 204 Å². The van der Waals surface area contributed by atoms with Crippen molar-refractivity contribution < 1.29 is 29.1 Å². The summed E-state index contributed by atoms with van der Waals surface area (Å²) in [4.78, 5) is 30.9. The molecule has 0 aromatic heterocycles. The molecule has 3 aliphatic heterocycles. The number of carbonyl (C=O) groups excluding carboxylic acids is 2. The molecule has 0 bridgehead atoms. The number of Topliss-reactive ketones (excluding diaryl/α,β-unsaturated/α-hetero) is 1. The monoisotopic (exact) mass is 478 g/mol. The number of piperidine rings is 1. The first-order chi connectivity index (χ1) is 16.6. The van der Waals surface area contributed by atoms with Gasteiger partial charge in [-0.2, -0.15) is 0 Å². The number of piperazine rings is 1. The molecule has 0 radical (unpaired) electrons.